The van der Waals surface area contributed by atoms with E-state index in [2.05, 4.69) is 0 Å². The Labute approximate surface area is 36.6 Å². The van der Waals surface area contributed by atoms with E-state index in [9.17, 15) is 0 Å². The highest BCUT2D eigenvalue weighted by Crippen LogP contribution is 2.35. The van der Waals surface area contributed by atoms with Gasteiger partial charge in [-0.05, 0) is 17.6 Å². The zero-order valence-corrected chi connectivity index (χ0v) is 3.53. The molecule has 1 nitrogen and oxygen atoms in total. The lowest BCUT2D eigenvalue weighted by molar-refractivity contribution is 0.194. The topological polar surface area (TPSA) is 9.23 Å². The van der Waals surface area contributed by atoms with Crippen molar-refractivity contribution < 1.29 is 4.74 Å². The van der Waals surface area contributed by atoms with E-state index in [4.69, 9.17) is 4.74 Å². The highest BCUT2D eigenvalue weighted by atomic mass is 16.5. The molecule has 0 aromatic carbocycles. The van der Waals surface area contributed by atoms with Gasteiger partial charge in [0.05, 0.1) is 13.2 Å². The summed E-state index contributed by atoms with van der Waals surface area (Å²) in [6, 6.07) is 0. The first kappa shape index (κ1) is 2.80. The van der Waals surface area contributed by atoms with Gasteiger partial charge < -0.3 is 4.74 Å². The second-order valence-electron chi connectivity index (χ2n) is 1.88. The molecule has 0 fully saturated rings. The highest BCUT2D eigenvalue weighted by Gasteiger charge is 2.26. The Morgan fingerprint density at radius 3 is 2.00 bits per heavy atom. The summed E-state index contributed by atoms with van der Waals surface area (Å²) in [6.07, 6.45) is 1.29. The fourth-order valence-electron chi connectivity index (χ4n) is 0.817. The Morgan fingerprint density at radius 2 is 1.83 bits per heavy atom. The van der Waals surface area contributed by atoms with Crippen LogP contribution in [0.5, 0.6) is 0 Å². The SMILES string of the molecule is C1OCC2=C1C2. The summed E-state index contributed by atoms with van der Waals surface area (Å²) in [7, 11) is 0. The molecule has 1 aliphatic carbocycles. The molecule has 0 N–H and O–H groups in total. The van der Waals surface area contributed by atoms with Crippen molar-refractivity contribution in [3.8, 4) is 0 Å². The molecule has 0 amide bonds. The summed E-state index contributed by atoms with van der Waals surface area (Å²) in [5.74, 6) is 0. The average molecular weight is 82.1 g/mol. The molecule has 0 saturated heterocycles. The van der Waals surface area contributed by atoms with Gasteiger partial charge in [-0.1, -0.05) is 0 Å². The van der Waals surface area contributed by atoms with E-state index < -0.39 is 0 Å². The van der Waals surface area contributed by atoms with E-state index in [1.165, 1.54) is 6.42 Å². The molecule has 0 radical (unpaired) electrons. The Kier molecular flexibility index (Phi) is 0.320. The fourth-order valence-corrected chi connectivity index (χ4v) is 0.817. The summed E-state index contributed by atoms with van der Waals surface area (Å²) in [5.41, 5.74) is 3.13. The molecule has 32 valence electrons. The molecule has 1 aliphatic heterocycles. The highest BCUT2D eigenvalue weighted by molar-refractivity contribution is 5.38. The molecule has 0 aromatic heterocycles. The van der Waals surface area contributed by atoms with Gasteiger partial charge in [-0.25, -0.2) is 0 Å². The second-order valence-corrected chi connectivity index (χ2v) is 1.88. The molecule has 2 aliphatic rings. The van der Waals surface area contributed by atoms with Gasteiger partial charge >= 0.3 is 0 Å². The molecule has 2 rings (SSSR count). The predicted octanol–water partition coefficient (Wildman–Crippen LogP) is 0.717. The van der Waals surface area contributed by atoms with Gasteiger partial charge in [0.2, 0.25) is 0 Å². The quantitative estimate of drug-likeness (QED) is 0.391. The predicted molar refractivity (Wildman–Crippen MR) is 22.5 cm³/mol. The first-order valence-corrected chi connectivity index (χ1v) is 2.24. The number of hydrogen-bond acceptors (Lipinski definition) is 1. The number of ether oxygens (including phenoxy) is 1. The van der Waals surface area contributed by atoms with Gasteiger partial charge in [0.25, 0.3) is 0 Å². The largest absolute Gasteiger partial charge is 0.373 e. The third kappa shape index (κ3) is 0.197. The van der Waals surface area contributed by atoms with E-state index in [1.807, 2.05) is 0 Å². The lowest BCUT2D eigenvalue weighted by Gasteiger charge is -1.90. The second kappa shape index (κ2) is 0.684. The van der Waals surface area contributed by atoms with Crippen LogP contribution < -0.4 is 0 Å². The maximum Gasteiger partial charge on any atom is 0.0687 e. The summed E-state index contributed by atoms with van der Waals surface area (Å²) in [5, 5.41) is 0. The van der Waals surface area contributed by atoms with Gasteiger partial charge in [-0.2, -0.15) is 0 Å². The maximum atomic E-state index is 5.03. The van der Waals surface area contributed by atoms with Crippen molar-refractivity contribution in [2.24, 2.45) is 0 Å². The minimum atomic E-state index is 0.940. The Morgan fingerprint density at radius 1 is 1.17 bits per heavy atom. The summed E-state index contributed by atoms with van der Waals surface area (Å²) >= 11 is 0. The van der Waals surface area contributed by atoms with Crippen LogP contribution in [0.1, 0.15) is 6.42 Å². The van der Waals surface area contributed by atoms with Crippen LogP contribution >= 0.6 is 0 Å². The third-order valence-electron chi connectivity index (χ3n) is 1.35. The zero-order chi connectivity index (χ0) is 3.98. The third-order valence-corrected chi connectivity index (χ3v) is 1.35. The lowest BCUT2D eigenvalue weighted by Crippen LogP contribution is -1.88. The average Bonchev–Trinajstić information content (AvgIpc) is 2.17. The fraction of sp³-hybridized carbons (Fsp3) is 0.600. The Bertz CT molecular complexity index is 101. The summed E-state index contributed by atoms with van der Waals surface area (Å²) in [6.45, 7) is 1.88. The van der Waals surface area contributed by atoms with Crippen LogP contribution in [0.25, 0.3) is 0 Å². The molecule has 0 saturated carbocycles. The van der Waals surface area contributed by atoms with E-state index in [0.717, 1.165) is 13.2 Å². The van der Waals surface area contributed by atoms with Crippen molar-refractivity contribution in [1.82, 2.24) is 0 Å². The smallest absolute Gasteiger partial charge is 0.0687 e. The minimum Gasteiger partial charge on any atom is -0.373 e. The van der Waals surface area contributed by atoms with Crippen molar-refractivity contribution in [1.29, 1.82) is 0 Å². The van der Waals surface area contributed by atoms with Crippen LogP contribution in [0.2, 0.25) is 0 Å². The molecule has 0 atom stereocenters. The standard InChI is InChI=1S/C5H6O/c1-4-2-6-3-5(1)4/h1-3H2. The van der Waals surface area contributed by atoms with Crippen LogP contribution in [0.4, 0.5) is 0 Å². The van der Waals surface area contributed by atoms with Gasteiger partial charge in [0.15, 0.2) is 0 Å². The van der Waals surface area contributed by atoms with E-state index in [0.29, 0.717) is 0 Å². The van der Waals surface area contributed by atoms with Crippen molar-refractivity contribution in [2.45, 2.75) is 6.42 Å². The maximum absolute atomic E-state index is 5.03. The Hall–Kier alpha value is -0.300. The van der Waals surface area contributed by atoms with Gasteiger partial charge in [0, 0.05) is 0 Å². The first-order chi connectivity index (χ1) is 2.97. The normalized spacial score (nSPS) is 28.0. The summed E-state index contributed by atoms with van der Waals surface area (Å²) < 4.78 is 5.03. The molecule has 1 heteroatoms. The van der Waals surface area contributed by atoms with Crippen molar-refractivity contribution in [3.63, 3.8) is 0 Å². The van der Waals surface area contributed by atoms with Crippen molar-refractivity contribution >= 4 is 0 Å². The summed E-state index contributed by atoms with van der Waals surface area (Å²) in [4.78, 5) is 0. The van der Waals surface area contributed by atoms with Crippen LogP contribution in [-0.2, 0) is 4.74 Å². The van der Waals surface area contributed by atoms with Crippen molar-refractivity contribution in [2.75, 3.05) is 13.2 Å². The molecular formula is C5H6O. The lowest BCUT2D eigenvalue weighted by atomic mass is 10.5. The zero-order valence-electron chi connectivity index (χ0n) is 3.53. The molecular weight excluding hydrogens is 76.1 g/mol. The monoisotopic (exact) mass is 82.0 g/mol. The number of rotatable bonds is 0. The molecule has 6 heavy (non-hydrogen) atoms. The minimum absolute atomic E-state index is 0.940. The van der Waals surface area contributed by atoms with Gasteiger partial charge in [-0.15, -0.1) is 0 Å². The molecule has 0 unspecified atom stereocenters. The van der Waals surface area contributed by atoms with E-state index in [-0.39, 0.29) is 0 Å². The molecule has 0 spiro atoms. The van der Waals surface area contributed by atoms with Crippen molar-refractivity contribution in [3.05, 3.63) is 11.1 Å². The van der Waals surface area contributed by atoms with Crippen LogP contribution in [0.15, 0.2) is 11.1 Å². The van der Waals surface area contributed by atoms with E-state index >= 15 is 0 Å². The number of hydrogen-bond donors (Lipinski definition) is 0. The first-order valence-electron chi connectivity index (χ1n) is 2.24. The van der Waals surface area contributed by atoms with Crippen LogP contribution in [0.3, 0.4) is 0 Å². The molecule has 0 bridgehead atoms. The Balaban J connectivity index is 2.29. The van der Waals surface area contributed by atoms with Gasteiger partial charge in [0.1, 0.15) is 0 Å². The molecule has 1 heterocycles. The molecule has 0 aromatic rings. The van der Waals surface area contributed by atoms with Gasteiger partial charge in [-0.3, -0.25) is 0 Å². The van der Waals surface area contributed by atoms with E-state index in [1.54, 1.807) is 11.1 Å². The van der Waals surface area contributed by atoms with Crippen LogP contribution in [-0.4, -0.2) is 13.2 Å². The van der Waals surface area contributed by atoms with Crippen LogP contribution in [0, 0.1) is 0 Å².